The molecule has 0 aliphatic rings. The first-order valence-electron chi connectivity index (χ1n) is 6.39. The van der Waals surface area contributed by atoms with E-state index in [0.29, 0.717) is 11.4 Å². The summed E-state index contributed by atoms with van der Waals surface area (Å²) in [5.74, 6) is 0.632. The fourth-order valence-corrected chi connectivity index (χ4v) is 1.92. The standard InChI is InChI=1S/C15H16F2N2O2/c1-10(11-5-7-18-8-6-11)19-13-9-12(20-2)3-4-14(13)21-15(16)17/h3-10,15,19H,1-2H3. The summed E-state index contributed by atoms with van der Waals surface area (Å²) in [5.41, 5.74) is 1.43. The largest absolute Gasteiger partial charge is 0.497 e. The molecule has 0 fully saturated rings. The minimum atomic E-state index is -2.88. The number of nitrogens with one attached hydrogen (secondary N) is 1. The van der Waals surface area contributed by atoms with Crippen molar-refractivity contribution in [3.8, 4) is 11.5 Å². The molecule has 1 unspecified atom stereocenters. The molecule has 0 spiro atoms. The van der Waals surface area contributed by atoms with Crippen molar-refractivity contribution < 1.29 is 18.3 Å². The van der Waals surface area contributed by atoms with Crippen molar-refractivity contribution in [2.45, 2.75) is 19.6 Å². The normalized spacial score (nSPS) is 12.0. The van der Waals surface area contributed by atoms with Crippen LogP contribution in [0.1, 0.15) is 18.5 Å². The van der Waals surface area contributed by atoms with Crippen molar-refractivity contribution in [2.75, 3.05) is 12.4 Å². The number of anilines is 1. The average Bonchev–Trinajstić information content (AvgIpc) is 2.49. The highest BCUT2D eigenvalue weighted by molar-refractivity contribution is 5.60. The van der Waals surface area contributed by atoms with Gasteiger partial charge in [-0.2, -0.15) is 8.78 Å². The number of pyridine rings is 1. The number of rotatable bonds is 6. The Labute approximate surface area is 121 Å². The smallest absolute Gasteiger partial charge is 0.387 e. The summed E-state index contributed by atoms with van der Waals surface area (Å²) in [6.07, 6.45) is 3.35. The van der Waals surface area contributed by atoms with E-state index < -0.39 is 6.61 Å². The van der Waals surface area contributed by atoms with Gasteiger partial charge in [0.2, 0.25) is 0 Å². The van der Waals surface area contributed by atoms with Crippen molar-refractivity contribution in [2.24, 2.45) is 0 Å². The highest BCUT2D eigenvalue weighted by Crippen LogP contribution is 2.33. The number of halogens is 2. The number of hydrogen-bond acceptors (Lipinski definition) is 4. The van der Waals surface area contributed by atoms with E-state index in [1.807, 2.05) is 19.1 Å². The van der Waals surface area contributed by atoms with Gasteiger partial charge in [0.25, 0.3) is 0 Å². The van der Waals surface area contributed by atoms with Crippen LogP contribution in [-0.2, 0) is 0 Å². The van der Waals surface area contributed by atoms with Gasteiger partial charge < -0.3 is 14.8 Å². The van der Waals surface area contributed by atoms with Crippen molar-refractivity contribution in [1.29, 1.82) is 0 Å². The monoisotopic (exact) mass is 294 g/mol. The van der Waals surface area contributed by atoms with Crippen LogP contribution in [0, 0.1) is 0 Å². The quantitative estimate of drug-likeness (QED) is 0.878. The van der Waals surface area contributed by atoms with Crippen LogP contribution in [0.25, 0.3) is 0 Å². The van der Waals surface area contributed by atoms with Crippen LogP contribution < -0.4 is 14.8 Å². The number of nitrogens with zero attached hydrogens (tertiary/aromatic N) is 1. The van der Waals surface area contributed by atoms with Gasteiger partial charge in [-0.05, 0) is 36.8 Å². The van der Waals surface area contributed by atoms with Gasteiger partial charge in [0.1, 0.15) is 11.5 Å². The summed E-state index contributed by atoms with van der Waals surface area (Å²) in [4.78, 5) is 3.95. The molecule has 1 N–H and O–H groups in total. The van der Waals surface area contributed by atoms with Crippen LogP contribution in [0.2, 0.25) is 0 Å². The van der Waals surface area contributed by atoms with Crippen molar-refractivity contribution in [3.05, 3.63) is 48.3 Å². The molecule has 0 aliphatic carbocycles. The van der Waals surface area contributed by atoms with Crippen LogP contribution in [0.3, 0.4) is 0 Å². The predicted molar refractivity (Wildman–Crippen MR) is 75.9 cm³/mol. The van der Waals surface area contributed by atoms with Crippen LogP contribution >= 0.6 is 0 Å². The van der Waals surface area contributed by atoms with Crippen LogP contribution in [0.5, 0.6) is 11.5 Å². The van der Waals surface area contributed by atoms with Gasteiger partial charge in [-0.25, -0.2) is 0 Å². The lowest BCUT2D eigenvalue weighted by Crippen LogP contribution is -2.10. The molecule has 0 amide bonds. The molecular weight excluding hydrogens is 278 g/mol. The zero-order valence-electron chi connectivity index (χ0n) is 11.7. The summed E-state index contributed by atoms with van der Waals surface area (Å²) in [6.45, 7) is -0.962. The first kappa shape index (κ1) is 15.0. The fourth-order valence-electron chi connectivity index (χ4n) is 1.92. The van der Waals surface area contributed by atoms with E-state index in [0.717, 1.165) is 5.56 Å². The number of alkyl halides is 2. The Kier molecular flexibility index (Phi) is 4.92. The Morgan fingerprint density at radius 2 is 1.86 bits per heavy atom. The van der Waals surface area contributed by atoms with E-state index in [9.17, 15) is 8.78 Å². The maximum Gasteiger partial charge on any atom is 0.387 e. The first-order chi connectivity index (χ1) is 10.1. The minimum absolute atomic E-state index is 0.0757. The van der Waals surface area contributed by atoms with E-state index >= 15 is 0 Å². The molecule has 2 rings (SSSR count). The molecule has 6 heteroatoms. The summed E-state index contributed by atoms with van der Waals surface area (Å²) in [6, 6.07) is 8.25. The molecule has 1 heterocycles. The van der Waals surface area contributed by atoms with E-state index in [1.54, 1.807) is 24.5 Å². The van der Waals surface area contributed by atoms with Gasteiger partial charge in [0.05, 0.1) is 12.8 Å². The Bertz CT molecular complexity index is 579. The zero-order chi connectivity index (χ0) is 15.2. The maximum absolute atomic E-state index is 12.5. The highest BCUT2D eigenvalue weighted by atomic mass is 19.3. The molecule has 0 saturated carbocycles. The average molecular weight is 294 g/mol. The van der Waals surface area contributed by atoms with Crippen LogP contribution in [0.15, 0.2) is 42.7 Å². The number of aromatic nitrogens is 1. The molecule has 2 aromatic rings. The Balaban J connectivity index is 2.24. The second-order valence-electron chi connectivity index (χ2n) is 4.39. The molecule has 4 nitrogen and oxygen atoms in total. The minimum Gasteiger partial charge on any atom is -0.497 e. The molecule has 0 aliphatic heterocycles. The molecule has 21 heavy (non-hydrogen) atoms. The van der Waals surface area contributed by atoms with E-state index in [1.165, 1.54) is 13.2 Å². The van der Waals surface area contributed by atoms with Gasteiger partial charge in [0.15, 0.2) is 0 Å². The van der Waals surface area contributed by atoms with Gasteiger partial charge in [0, 0.05) is 24.5 Å². The van der Waals surface area contributed by atoms with Gasteiger partial charge in [-0.1, -0.05) is 0 Å². The second kappa shape index (κ2) is 6.88. The number of hydrogen-bond donors (Lipinski definition) is 1. The van der Waals surface area contributed by atoms with E-state index in [-0.39, 0.29) is 11.8 Å². The molecule has 1 aromatic heterocycles. The number of ether oxygens (including phenoxy) is 2. The van der Waals surface area contributed by atoms with Crippen LogP contribution in [-0.4, -0.2) is 18.7 Å². The summed E-state index contributed by atoms with van der Waals surface area (Å²) in [7, 11) is 1.51. The van der Waals surface area contributed by atoms with Gasteiger partial charge in [-0.15, -0.1) is 0 Å². The lowest BCUT2D eigenvalue weighted by Gasteiger charge is -2.19. The summed E-state index contributed by atoms with van der Waals surface area (Å²) in [5, 5.41) is 3.14. The second-order valence-corrected chi connectivity index (χ2v) is 4.39. The molecule has 0 radical (unpaired) electrons. The zero-order valence-corrected chi connectivity index (χ0v) is 11.7. The summed E-state index contributed by atoms with van der Waals surface area (Å²) < 4.78 is 34.5. The van der Waals surface area contributed by atoms with Crippen LogP contribution in [0.4, 0.5) is 14.5 Å². The molecule has 1 atom stereocenters. The third kappa shape index (κ3) is 4.05. The fraction of sp³-hybridized carbons (Fsp3) is 0.267. The lowest BCUT2D eigenvalue weighted by molar-refractivity contribution is -0.0494. The predicted octanol–water partition coefficient (Wildman–Crippen LogP) is 3.86. The Morgan fingerprint density at radius 1 is 1.14 bits per heavy atom. The third-order valence-corrected chi connectivity index (χ3v) is 2.98. The highest BCUT2D eigenvalue weighted by Gasteiger charge is 2.13. The maximum atomic E-state index is 12.5. The van der Waals surface area contributed by atoms with E-state index in [2.05, 4.69) is 15.0 Å². The lowest BCUT2D eigenvalue weighted by atomic mass is 10.1. The van der Waals surface area contributed by atoms with E-state index in [4.69, 9.17) is 4.74 Å². The number of methoxy groups -OCH3 is 1. The molecule has 0 bridgehead atoms. The molecule has 112 valence electrons. The Hall–Kier alpha value is -2.37. The first-order valence-corrected chi connectivity index (χ1v) is 6.39. The van der Waals surface area contributed by atoms with Crippen molar-refractivity contribution in [1.82, 2.24) is 4.98 Å². The molecular formula is C15H16F2N2O2. The molecule has 0 saturated heterocycles. The van der Waals surface area contributed by atoms with Crippen molar-refractivity contribution >= 4 is 5.69 Å². The van der Waals surface area contributed by atoms with Gasteiger partial charge >= 0.3 is 6.61 Å². The SMILES string of the molecule is COc1ccc(OC(F)F)c(NC(C)c2ccncc2)c1. The van der Waals surface area contributed by atoms with Gasteiger partial charge in [-0.3, -0.25) is 4.98 Å². The Morgan fingerprint density at radius 3 is 2.48 bits per heavy atom. The van der Waals surface area contributed by atoms with Crippen molar-refractivity contribution in [3.63, 3.8) is 0 Å². The molecule has 1 aromatic carbocycles. The number of benzene rings is 1. The topological polar surface area (TPSA) is 43.4 Å². The summed E-state index contributed by atoms with van der Waals surface area (Å²) >= 11 is 0. The third-order valence-electron chi connectivity index (χ3n) is 2.98.